The van der Waals surface area contributed by atoms with E-state index in [0.717, 1.165) is 6.54 Å². The number of hydrogen-bond acceptors (Lipinski definition) is 5. The Balaban J connectivity index is 2.22. The van der Waals surface area contributed by atoms with E-state index in [2.05, 4.69) is 5.43 Å². The van der Waals surface area contributed by atoms with E-state index in [9.17, 15) is 9.90 Å². The summed E-state index contributed by atoms with van der Waals surface area (Å²) in [5, 5.41) is 9.85. The number of carbonyl (C=O) groups excluding carboxylic acids is 1. The van der Waals surface area contributed by atoms with Gasteiger partial charge in [-0.05, 0) is 32.6 Å². The molecule has 0 aliphatic carbocycles. The molecule has 1 aromatic rings. The third kappa shape index (κ3) is 3.09. The second-order valence-corrected chi connectivity index (χ2v) is 5.45. The van der Waals surface area contributed by atoms with Crippen molar-refractivity contribution in [2.24, 2.45) is 5.84 Å². The molecule has 2 atom stereocenters. The van der Waals surface area contributed by atoms with Crippen molar-refractivity contribution >= 4 is 11.6 Å². The van der Waals surface area contributed by atoms with Crippen LogP contribution in [0.1, 0.15) is 16.8 Å². The van der Waals surface area contributed by atoms with Gasteiger partial charge in [-0.1, -0.05) is 12.1 Å². The molecule has 20 heavy (non-hydrogen) atoms. The average Bonchev–Trinajstić information content (AvgIpc) is 2.77. The van der Waals surface area contributed by atoms with Crippen molar-refractivity contribution < 1.29 is 9.90 Å². The van der Waals surface area contributed by atoms with Gasteiger partial charge in [0.25, 0.3) is 5.91 Å². The maximum absolute atomic E-state index is 12.7. The topological polar surface area (TPSA) is 81.8 Å². The largest absolute Gasteiger partial charge is 0.391 e. The predicted molar refractivity (Wildman–Crippen MR) is 78.3 cm³/mol. The number of likely N-dealkylation sites (N-methyl/N-ethyl adjacent to an activating group) is 1. The van der Waals surface area contributed by atoms with Crippen molar-refractivity contribution in [1.82, 2.24) is 9.80 Å². The van der Waals surface area contributed by atoms with E-state index in [0.29, 0.717) is 24.2 Å². The molecule has 1 fully saturated rings. The smallest absolute Gasteiger partial charge is 0.256 e. The summed E-state index contributed by atoms with van der Waals surface area (Å²) in [7, 11) is 3.92. The van der Waals surface area contributed by atoms with Crippen LogP contribution in [0.3, 0.4) is 0 Å². The number of nitrogens with zero attached hydrogens (tertiary/aromatic N) is 2. The van der Waals surface area contributed by atoms with Gasteiger partial charge in [0, 0.05) is 19.1 Å². The molecule has 0 spiro atoms. The molecular weight excluding hydrogens is 256 g/mol. The summed E-state index contributed by atoms with van der Waals surface area (Å²) < 4.78 is 0. The Morgan fingerprint density at radius 3 is 2.85 bits per heavy atom. The first kappa shape index (κ1) is 14.8. The van der Waals surface area contributed by atoms with E-state index in [-0.39, 0.29) is 11.9 Å². The van der Waals surface area contributed by atoms with Crippen LogP contribution < -0.4 is 11.3 Å². The van der Waals surface area contributed by atoms with Crippen LogP contribution >= 0.6 is 0 Å². The van der Waals surface area contributed by atoms with Gasteiger partial charge in [-0.2, -0.15) is 0 Å². The fraction of sp³-hybridized carbons (Fsp3) is 0.500. The zero-order chi connectivity index (χ0) is 14.7. The van der Waals surface area contributed by atoms with E-state index in [1.807, 2.05) is 31.1 Å². The SMILES string of the molecule is CN(C)CC1CC(O)CN1C(=O)c1ccccc1NN. The summed E-state index contributed by atoms with van der Waals surface area (Å²) in [6.07, 6.45) is 0.157. The van der Waals surface area contributed by atoms with Crippen LogP contribution in [0.2, 0.25) is 0 Å². The number of nitrogens with two attached hydrogens (primary N) is 1. The van der Waals surface area contributed by atoms with E-state index < -0.39 is 6.10 Å². The summed E-state index contributed by atoms with van der Waals surface area (Å²) >= 11 is 0. The van der Waals surface area contributed by atoms with Crippen LogP contribution in [0, 0.1) is 0 Å². The Bertz CT molecular complexity index is 478. The lowest BCUT2D eigenvalue weighted by molar-refractivity contribution is 0.0700. The summed E-state index contributed by atoms with van der Waals surface area (Å²) in [4.78, 5) is 16.4. The number of aliphatic hydroxyl groups is 1. The first-order valence-corrected chi connectivity index (χ1v) is 6.72. The third-order valence-electron chi connectivity index (χ3n) is 3.54. The summed E-state index contributed by atoms with van der Waals surface area (Å²) in [5.74, 6) is 5.36. The number of amides is 1. The predicted octanol–water partition coefficient (Wildman–Crippen LogP) is 0.109. The maximum atomic E-state index is 12.7. The minimum absolute atomic E-state index is 0.0262. The number of anilines is 1. The molecule has 4 N–H and O–H groups in total. The lowest BCUT2D eigenvalue weighted by Gasteiger charge is -2.27. The Labute approximate surface area is 119 Å². The molecule has 1 saturated heterocycles. The zero-order valence-electron chi connectivity index (χ0n) is 11.9. The van der Waals surface area contributed by atoms with E-state index in [1.54, 1.807) is 17.0 Å². The Kier molecular flexibility index (Phi) is 4.59. The van der Waals surface area contributed by atoms with Crippen LogP contribution in [0.5, 0.6) is 0 Å². The molecule has 1 aliphatic heterocycles. The van der Waals surface area contributed by atoms with Crippen LogP contribution in [-0.4, -0.2) is 60.1 Å². The van der Waals surface area contributed by atoms with Crippen LogP contribution in [0.4, 0.5) is 5.69 Å². The first-order valence-electron chi connectivity index (χ1n) is 6.72. The Morgan fingerprint density at radius 2 is 2.20 bits per heavy atom. The van der Waals surface area contributed by atoms with E-state index in [1.165, 1.54) is 0 Å². The van der Waals surface area contributed by atoms with Crippen molar-refractivity contribution in [3.05, 3.63) is 29.8 Å². The lowest BCUT2D eigenvalue weighted by atomic mass is 10.1. The molecule has 6 nitrogen and oxygen atoms in total. The van der Waals surface area contributed by atoms with Gasteiger partial charge in [0.1, 0.15) is 0 Å². The molecule has 110 valence electrons. The molecule has 1 aliphatic rings. The van der Waals surface area contributed by atoms with Gasteiger partial charge in [0.15, 0.2) is 0 Å². The van der Waals surface area contributed by atoms with E-state index >= 15 is 0 Å². The van der Waals surface area contributed by atoms with Gasteiger partial charge in [0.05, 0.1) is 17.4 Å². The van der Waals surface area contributed by atoms with Gasteiger partial charge in [-0.15, -0.1) is 0 Å². The number of rotatable bonds is 4. The van der Waals surface area contributed by atoms with Crippen molar-refractivity contribution in [2.45, 2.75) is 18.6 Å². The minimum atomic E-state index is -0.457. The molecular formula is C14H22N4O2. The third-order valence-corrected chi connectivity index (χ3v) is 3.54. The van der Waals surface area contributed by atoms with Gasteiger partial charge < -0.3 is 20.3 Å². The second-order valence-electron chi connectivity index (χ2n) is 5.45. The highest BCUT2D eigenvalue weighted by Crippen LogP contribution is 2.24. The highest BCUT2D eigenvalue weighted by molar-refractivity contribution is 5.99. The maximum Gasteiger partial charge on any atom is 0.256 e. The summed E-state index contributed by atoms with van der Waals surface area (Å²) in [6.45, 7) is 1.11. The van der Waals surface area contributed by atoms with E-state index in [4.69, 9.17) is 5.84 Å². The second kappa shape index (κ2) is 6.21. The molecule has 2 rings (SSSR count). The highest BCUT2D eigenvalue weighted by atomic mass is 16.3. The number of carbonyl (C=O) groups is 1. The molecule has 0 bridgehead atoms. The van der Waals surface area contributed by atoms with Crippen molar-refractivity contribution in [2.75, 3.05) is 32.6 Å². The van der Waals surface area contributed by atoms with Gasteiger partial charge in [-0.3, -0.25) is 10.6 Å². The summed E-state index contributed by atoms with van der Waals surface area (Å²) in [5.41, 5.74) is 3.68. The standard InChI is InChI=1S/C14H22N4O2/c1-17(2)8-10-7-11(19)9-18(10)14(20)12-5-3-4-6-13(12)16-15/h3-6,10-11,16,19H,7-9,15H2,1-2H3. The Hall–Kier alpha value is -1.63. The zero-order valence-corrected chi connectivity index (χ0v) is 11.9. The van der Waals surface area contributed by atoms with Crippen molar-refractivity contribution in [3.8, 4) is 0 Å². The number of hydrogen-bond donors (Lipinski definition) is 3. The number of β-amino-alcohol motifs (C(OH)–C–C–N with tert-alkyl or cyclic N) is 1. The molecule has 1 amide bonds. The number of nitrogen functional groups attached to an aromatic ring is 1. The number of para-hydroxylation sites is 1. The summed E-state index contributed by atoms with van der Waals surface area (Å²) in [6, 6.07) is 7.16. The number of nitrogens with one attached hydrogen (secondary N) is 1. The normalized spacial score (nSPS) is 22.4. The van der Waals surface area contributed by atoms with Crippen molar-refractivity contribution in [1.29, 1.82) is 0 Å². The molecule has 2 unspecified atom stereocenters. The lowest BCUT2D eigenvalue weighted by Crippen LogP contribution is -2.41. The highest BCUT2D eigenvalue weighted by Gasteiger charge is 2.35. The molecule has 0 saturated carbocycles. The van der Waals surface area contributed by atoms with Crippen LogP contribution in [0.15, 0.2) is 24.3 Å². The first-order chi connectivity index (χ1) is 9.52. The van der Waals surface area contributed by atoms with Gasteiger partial charge in [0.2, 0.25) is 0 Å². The molecule has 0 radical (unpaired) electrons. The minimum Gasteiger partial charge on any atom is -0.391 e. The number of likely N-dealkylation sites (tertiary alicyclic amines) is 1. The molecule has 0 aromatic heterocycles. The quantitative estimate of drug-likeness (QED) is 0.538. The van der Waals surface area contributed by atoms with Gasteiger partial charge in [-0.25, -0.2) is 0 Å². The number of aliphatic hydroxyl groups excluding tert-OH is 1. The Morgan fingerprint density at radius 1 is 1.50 bits per heavy atom. The fourth-order valence-corrected chi connectivity index (χ4v) is 2.69. The van der Waals surface area contributed by atoms with Crippen LogP contribution in [0.25, 0.3) is 0 Å². The monoisotopic (exact) mass is 278 g/mol. The molecule has 1 aromatic carbocycles. The average molecular weight is 278 g/mol. The fourth-order valence-electron chi connectivity index (χ4n) is 2.69. The van der Waals surface area contributed by atoms with Crippen molar-refractivity contribution in [3.63, 3.8) is 0 Å². The van der Waals surface area contributed by atoms with Crippen LogP contribution in [-0.2, 0) is 0 Å². The number of benzene rings is 1. The molecule has 6 heteroatoms. The number of hydrazine groups is 1. The molecule has 1 heterocycles. The van der Waals surface area contributed by atoms with Gasteiger partial charge >= 0.3 is 0 Å².